The van der Waals surface area contributed by atoms with Crippen LogP contribution in [0.3, 0.4) is 0 Å². The lowest BCUT2D eigenvalue weighted by Gasteiger charge is -2.40. The number of anilines is 1. The summed E-state index contributed by atoms with van der Waals surface area (Å²) in [5, 5.41) is 11.3. The first kappa shape index (κ1) is 26.9. The van der Waals surface area contributed by atoms with Crippen LogP contribution >= 0.6 is 23.2 Å². The quantitative estimate of drug-likeness (QED) is 0.361. The van der Waals surface area contributed by atoms with Crippen LogP contribution in [0.2, 0.25) is 10.0 Å². The van der Waals surface area contributed by atoms with Gasteiger partial charge < -0.3 is 14.7 Å². The van der Waals surface area contributed by atoms with Crippen LogP contribution in [0.1, 0.15) is 66.5 Å². The Morgan fingerprint density at radius 2 is 1.82 bits per heavy atom. The van der Waals surface area contributed by atoms with Crippen molar-refractivity contribution < 1.29 is 14.6 Å². The summed E-state index contributed by atoms with van der Waals surface area (Å²) < 4.78 is 5.37. The Labute approximate surface area is 234 Å². The molecule has 2 aromatic carbocycles. The number of benzene rings is 2. The first-order valence-electron chi connectivity index (χ1n) is 13.1. The number of carbonyl (C=O) groups is 1. The Balaban J connectivity index is 1.42. The number of carbonyl (C=O) groups excluding carboxylic acids is 1. The molecule has 6 nitrogen and oxygen atoms in total. The molecule has 8 heteroatoms. The summed E-state index contributed by atoms with van der Waals surface area (Å²) in [5.74, 6) is 0.0552. The molecule has 0 bridgehead atoms. The smallest absolute Gasteiger partial charge is 0.360 e. The van der Waals surface area contributed by atoms with Gasteiger partial charge in [-0.1, -0.05) is 53.5 Å². The van der Waals surface area contributed by atoms with E-state index >= 15 is 0 Å². The Kier molecular flexibility index (Phi) is 7.18. The predicted molar refractivity (Wildman–Crippen MR) is 151 cm³/mol. The lowest BCUT2D eigenvalue weighted by Crippen LogP contribution is -2.42. The minimum absolute atomic E-state index is 0.178. The van der Waals surface area contributed by atoms with E-state index < -0.39 is 11.6 Å². The van der Waals surface area contributed by atoms with Gasteiger partial charge >= 0.3 is 5.97 Å². The Bertz CT molecular complexity index is 1390. The zero-order valence-electron chi connectivity index (χ0n) is 22.3. The summed E-state index contributed by atoms with van der Waals surface area (Å²) >= 11 is 12.7. The zero-order chi connectivity index (χ0) is 27.2. The number of hydrogen-bond acceptors (Lipinski definition) is 6. The normalized spacial score (nSPS) is 16.6. The summed E-state index contributed by atoms with van der Waals surface area (Å²) in [5.41, 5.74) is 5.01. The second-order valence-electron chi connectivity index (χ2n) is 11.0. The van der Waals surface area contributed by atoms with Crippen molar-refractivity contribution in [1.82, 2.24) is 9.97 Å². The molecule has 1 N–H and O–H groups in total. The SMILES string of the molecule is CCOC(=O)c1nc(-c2cccc(Cl)c2Cl)c(C)nc1N1CCC2(CC1)Cc1ccc(C(C)(C)O)cc1C2. The molecule has 1 aliphatic heterocycles. The molecule has 1 fully saturated rings. The maximum Gasteiger partial charge on any atom is 0.360 e. The molecule has 0 unspecified atom stereocenters. The molecule has 0 amide bonds. The molecule has 0 atom stereocenters. The number of halogens is 2. The minimum atomic E-state index is -0.852. The number of ether oxygens (including phenoxy) is 1. The Morgan fingerprint density at radius 1 is 1.11 bits per heavy atom. The van der Waals surface area contributed by atoms with Crippen molar-refractivity contribution in [3.8, 4) is 11.3 Å². The number of fused-ring (bicyclic) bond motifs is 1. The van der Waals surface area contributed by atoms with E-state index in [4.69, 9.17) is 37.9 Å². The van der Waals surface area contributed by atoms with E-state index in [0.29, 0.717) is 32.8 Å². The van der Waals surface area contributed by atoms with Crippen molar-refractivity contribution >= 4 is 35.0 Å². The maximum atomic E-state index is 13.0. The van der Waals surface area contributed by atoms with Gasteiger partial charge in [0.1, 0.15) is 0 Å². The van der Waals surface area contributed by atoms with Crippen LogP contribution in [-0.2, 0) is 23.2 Å². The average Bonchev–Trinajstić information content (AvgIpc) is 3.22. The molecule has 2 aliphatic rings. The summed E-state index contributed by atoms with van der Waals surface area (Å²) in [4.78, 5) is 24.8. The zero-order valence-corrected chi connectivity index (χ0v) is 23.8. The number of rotatable bonds is 5. The van der Waals surface area contributed by atoms with Gasteiger partial charge in [-0.15, -0.1) is 0 Å². The predicted octanol–water partition coefficient (Wildman–Crippen LogP) is 6.55. The first-order valence-corrected chi connectivity index (χ1v) is 13.9. The monoisotopic (exact) mass is 553 g/mol. The molecule has 1 aliphatic carbocycles. The van der Waals surface area contributed by atoms with Crippen molar-refractivity contribution in [1.29, 1.82) is 0 Å². The second kappa shape index (κ2) is 10.1. The summed E-state index contributed by atoms with van der Waals surface area (Å²) in [7, 11) is 0. The third kappa shape index (κ3) is 5.02. The third-order valence-corrected chi connectivity index (χ3v) is 8.71. The van der Waals surface area contributed by atoms with Gasteiger partial charge in [-0.2, -0.15) is 0 Å². The van der Waals surface area contributed by atoms with E-state index in [-0.39, 0.29) is 17.7 Å². The van der Waals surface area contributed by atoms with E-state index in [1.165, 1.54) is 11.1 Å². The molecule has 2 heterocycles. The van der Waals surface area contributed by atoms with Gasteiger partial charge in [0.05, 0.1) is 33.6 Å². The molecule has 1 spiro atoms. The summed E-state index contributed by atoms with van der Waals surface area (Å²) in [6, 6.07) is 11.7. The average molecular weight is 555 g/mol. The van der Waals surface area contributed by atoms with Gasteiger partial charge in [-0.25, -0.2) is 14.8 Å². The van der Waals surface area contributed by atoms with E-state index in [0.717, 1.165) is 44.3 Å². The highest BCUT2D eigenvalue weighted by molar-refractivity contribution is 6.43. The van der Waals surface area contributed by atoms with Crippen LogP contribution in [0.4, 0.5) is 5.82 Å². The standard InChI is InChI=1S/C30H33Cl2N3O3/c1-5-38-28(36)26-27(33-18(2)25(34-26)22-7-6-8-23(31)24(22)32)35-13-11-30(12-14-35)16-19-9-10-21(29(3,4)37)15-20(19)17-30/h6-10,15,37H,5,11-14,16-17H2,1-4H3. The molecule has 0 saturated carbocycles. The molecular formula is C30H33Cl2N3O3. The van der Waals surface area contributed by atoms with Crippen molar-refractivity contribution in [2.24, 2.45) is 5.41 Å². The van der Waals surface area contributed by atoms with Crippen LogP contribution in [0, 0.1) is 12.3 Å². The molecule has 1 aromatic heterocycles. The Morgan fingerprint density at radius 3 is 2.50 bits per heavy atom. The van der Waals surface area contributed by atoms with Crippen LogP contribution in [-0.4, -0.2) is 40.7 Å². The number of aryl methyl sites for hydroxylation is 1. The number of esters is 1. The van der Waals surface area contributed by atoms with Crippen LogP contribution < -0.4 is 4.90 Å². The number of aliphatic hydroxyl groups is 1. The van der Waals surface area contributed by atoms with E-state index in [1.807, 2.05) is 32.9 Å². The maximum absolute atomic E-state index is 13.0. The number of nitrogens with zero attached hydrogens (tertiary/aromatic N) is 3. The fourth-order valence-corrected chi connectivity index (χ4v) is 6.16. The lowest BCUT2D eigenvalue weighted by molar-refractivity contribution is 0.0519. The second-order valence-corrected chi connectivity index (χ2v) is 11.8. The van der Waals surface area contributed by atoms with Crippen LogP contribution in [0.5, 0.6) is 0 Å². The molecule has 200 valence electrons. The van der Waals surface area contributed by atoms with Crippen molar-refractivity contribution in [3.63, 3.8) is 0 Å². The van der Waals surface area contributed by atoms with Crippen molar-refractivity contribution in [2.45, 2.75) is 59.0 Å². The molecule has 38 heavy (non-hydrogen) atoms. The van der Waals surface area contributed by atoms with Gasteiger partial charge in [0.15, 0.2) is 11.5 Å². The van der Waals surface area contributed by atoms with Gasteiger partial charge in [0.2, 0.25) is 0 Å². The van der Waals surface area contributed by atoms with Crippen molar-refractivity contribution in [2.75, 3.05) is 24.6 Å². The Hall–Kier alpha value is -2.67. The summed E-state index contributed by atoms with van der Waals surface area (Å²) in [6.07, 6.45) is 3.99. The van der Waals surface area contributed by atoms with Gasteiger partial charge in [0.25, 0.3) is 0 Å². The highest BCUT2D eigenvalue weighted by Gasteiger charge is 2.41. The summed E-state index contributed by atoms with van der Waals surface area (Å²) in [6.45, 7) is 9.09. The fourth-order valence-electron chi connectivity index (χ4n) is 5.77. The highest BCUT2D eigenvalue weighted by atomic mass is 35.5. The van der Waals surface area contributed by atoms with E-state index in [9.17, 15) is 9.90 Å². The van der Waals surface area contributed by atoms with E-state index in [2.05, 4.69) is 17.0 Å². The third-order valence-electron chi connectivity index (χ3n) is 7.89. The van der Waals surface area contributed by atoms with Gasteiger partial charge in [-0.05, 0) is 81.5 Å². The van der Waals surface area contributed by atoms with Crippen LogP contribution in [0.25, 0.3) is 11.3 Å². The lowest BCUT2D eigenvalue weighted by atomic mass is 9.76. The molecule has 5 rings (SSSR count). The van der Waals surface area contributed by atoms with Gasteiger partial charge in [0, 0.05) is 18.7 Å². The topological polar surface area (TPSA) is 75.5 Å². The van der Waals surface area contributed by atoms with E-state index in [1.54, 1.807) is 19.1 Å². The first-order chi connectivity index (χ1) is 18.0. The largest absolute Gasteiger partial charge is 0.461 e. The number of hydrogen-bond donors (Lipinski definition) is 1. The molecular weight excluding hydrogens is 521 g/mol. The number of piperidine rings is 1. The fraction of sp³-hybridized carbons (Fsp3) is 0.433. The molecule has 0 radical (unpaired) electrons. The van der Waals surface area contributed by atoms with Crippen molar-refractivity contribution in [3.05, 3.63) is 74.5 Å². The highest BCUT2D eigenvalue weighted by Crippen LogP contribution is 2.46. The number of aromatic nitrogens is 2. The minimum Gasteiger partial charge on any atom is -0.461 e. The van der Waals surface area contributed by atoms with Crippen LogP contribution in [0.15, 0.2) is 36.4 Å². The van der Waals surface area contributed by atoms with Gasteiger partial charge in [-0.3, -0.25) is 0 Å². The molecule has 3 aromatic rings. The molecule has 1 saturated heterocycles.